The van der Waals surface area contributed by atoms with E-state index >= 15 is 0 Å². The molecule has 1 heterocycles. The molecule has 1 aliphatic rings. The van der Waals surface area contributed by atoms with Crippen LogP contribution in [0.25, 0.3) is 11.1 Å². The summed E-state index contributed by atoms with van der Waals surface area (Å²) in [5.74, 6) is 0. The average Bonchev–Trinajstić information content (AvgIpc) is 3.17. The van der Waals surface area contributed by atoms with E-state index in [0.717, 1.165) is 24.1 Å². The number of nitrogens with zero attached hydrogens (tertiary/aromatic N) is 2. The molecule has 1 saturated heterocycles. The van der Waals surface area contributed by atoms with E-state index in [2.05, 4.69) is 36.1 Å². The zero-order chi connectivity index (χ0) is 22.4. The minimum Gasteiger partial charge on any atom is -0.383 e. The number of hydrogen-bond acceptors (Lipinski definition) is 4. The van der Waals surface area contributed by atoms with Gasteiger partial charge in [-0.1, -0.05) is 36.4 Å². The van der Waals surface area contributed by atoms with Gasteiger partial charge >= 0.3 is 0 Å². The van der Waals surface area contributed by atoms with E-state index in [4.69, 9.17) is 4.74 Å². The minimum absolute atomic E-state index is 0.129. The third-order valence-corrected chi connectivity index (χ3v) is 8.31. The maximum atomic E-state index is 13.0. The van der Waals surface area contributed by atoms with Gasteiger partial charge in [0.15, 0.2) is 0 Å². The van der Waals surface area contributed by atoms with E-state index in [1.54, 1.807) is 19.2 Å². The molecule has 0 amide bonds. The summed E-state index contributed by atoms with van der Waals surface area (Å²) in [6.45, 7) is 9.13. The molecule has 1 fully saturated rings. The molecule has 2 aromatic rings. The van der Waals surface area contributed by atoms with E-state index < -0.39 is 10.0 Å². The summed E-state index contributed by atoms with van der Waals surface area (Å²) >= 11 is 0. The van der Waals surface area contributed by atoms with Gasteiger partial charge in [0.25, 0.3) is 0 Å². The standard InChI is InChI=1S/C25H36N2O3S/c1-20(2)27(18-19-30-4)31(28,29)25-13-11-24(12-14-25)23-9-7-22(8-10-23)15-17-26-16-5-6-21(26)3/h7-14,20-21H,5-6,15-19H2,1-4H3/t21-/m1/s1. The van der Waals surface area contributed by atoms with Crippen LogP contribution in [0.5, 0.6) is 0 Å². The van der Waals surface area contributed by atoms with Crippen LogP contribution in [0.3, 0.4) is 0 Å². The lowest BCUT2D eigenvalue weighted by Gasteiger charge is -2.25. The Bertz CT molecular complexity index is 924. The van der Waals surface area contributed by atoms with Crippen LogP contribution in [0, 0.1) is 0 Å². The Labute approximate surface area is 188 Å². The molecule has 1 aliphatic heterocycles. The van der Waals surface area contributed by atoms with Crippen molar-refractivity contribution in [2.45, 2.75) is 57.0 Å². The number of likely N-dealkylation sites (tertiary alicyclic amines) is 1. The quantitative estimate of drug-likeness (QED) is 0.544. The Morgan fingerprint density at radius 3 is 2.19 bits per heavy atom. The fourth-order valence-corrected chi connectivity index (χ4v) is 5.87. The first-order chi connectivity index (χ1) is 14.8. The summed E-state index contributed by atoms with van der Waals surface area (Å²) in [5, 5.41) is 0. The van der Waals surface area contributed by atoms with Gasteiger partial charge in [-0.05, 0) is 75.4 Å². The molecule has 31 heavy (non-hydrogen) atoms. The number of hydrogen-bond donors (Lipinski definition) is 0. The summed E-state index contributed by atoms with van der Waals surface area (Å²) in [7, 11) is -1.97. The zero-order valence-electron chi connectivity index (χ0n) is 19.3. The third kappa shape index (κ3) is 5.95. The molecule has 0 saturated carbocycles. The van der Waals surface area contributed by atoms with Gasteiger partial charge < -0.3 is 9.64 Å². The molecule has 1 atom stereocenters. The summed E-state index contributed by atoms with van der Waals surface area (Å²) in [4.78, 5) is 2.89. The van der Waals surface area contributed by atoms with Gasteiger partial charge in [0, 0.05) is 32.3 Å². The lowest BCUT2D eigenvalue weighted by Crippen LogP contribution is -2.39. The van der Waals surface area contributed by atoms with Crippen molar-refractivity contribution in [3.63, 3.8) is 0 Å². The lowest BCUT2D eigenvalue weighted by molar-refractivity contribution is 0.171. The molecule has 6 heteroatoms. The summed E-state index contributed by atoms with van der Waals surface area (Å²) in [6.07, 6.45) is 3.69. The maximum Gasteiger partial charge on any atom is 0.243 e. The number of ether oxygens (including phenoxy) is 1. The largest absolute Gasteiger partial charge is 0.383 e. The first-order valence-corrected chi connectivity index (χ1v) is 12.7. The van der Waals surface area contributed by atoms with Gasteiger partial charge in [0.1, 0.15) is 0 Å². The lowest BCUT2D eigenvalue weighted by atomic mass is 10.0. The van der Waals surface area contributed by atoms with Gasteiger partial charge in [-0.25, -0.2) is 8.42 Å². The minimum atomic E-state index is -3.55. The predicted molar refractivity (Wildman–Crippen MR) is 127 cm³/mol. The third-order valence-electron chi connectivity index (χ3n) is 6.22. The first kappa shape index (κ1) is 23.9. The van der Waals surface area contributed by atoms with Crippen LogP contribution in [0.1, 0.15) is 39.2 Å². The normalized spacial score (nSPS) is 17.7. The van der Waals surface area contributed by atoms with Crippen LogP contribution in [-0.2, 0) is 21.2 Å². The monoisotopic (exact) mass is 444 g/mol. The van der Waals surface area contributed by atoms with Crippen LogP contribution < -0.4 is 0 Å². The molecule has 0 aromatic heterocycles. The van der Waals surface area contributed by atoms with Crippen LogP contribution in [-0.4, -0.2) is 63.1 Å². The van der Waals surface area contributed by atoms with Crippen molar-refractivity contribution >= 4 is 10.0 Å². The summed E-state index contributed by atoms with van der Waals surface area (Å²) < 4.78 is 32.7. The zero-order valence-corrected chi connectivity index (χ0v) is 20.1. The fourth-order valence-electron chi connectivity index (χ4n) is 4.25. The molecule has 0 bridgehead atoms. The Hall–Kier alpha value is -1.73. The Morgan fingerprint density at radius 1 is 1.06 bits per heavy atom. The van der Waals surface area contributed by atoms with E-state index in [9.17, 15) is 8.42 Å². The predicted octanol–water partition coefficient (Wildman–Crippen LogP) is 4.43. The molecule has 0 aliphatic carbocycles. The van der Waals surface area contributed by atoms with Crippen LogP contribution in [0.15, 0.2) is 53.4 Å². The van der Waals surface area contributed by atoms with Crippen molar-refractivity contribution in [3.8, 4) is 11.1 Å². The molecular formula is C25H36N2O3S. The Morgan fingerprint density at radius 2 is 1.68 bits per heavy atom. The second-order valence-electron chi connectivity index (χ2n) is 8.70. The van der Waals surface area contributed by atoms with Crippen molar-refractivity contribution in [2.24, 2.45) is 0 Å². The molecule has 0 unspecified atom stereocenters. The van der Waals surface area contributed by atoms with E-state index in [1.165, 1.54) is 29.3 Å². The summed E-state index contributed by atoms with van der Waals surface area (Å²) in [6, 6.07) is 16.4. The SMILES string of the molecule is COCCN(C(C)C)S(=O)(=O)c1ccc(-c2ccc(CCN3CCC[C@H]3C)cc2)cc1. The number of sulfonamides is 1. The molecule has 0 N–H and O–H groups in total. The van der Waals surface area contributed by atoms with E-state index in [-0.39, 0.29) is 6.04 Å². The first-order valence-electron chi connectivity index (χ1n) is 11.3. The van der Waals surface area contributed by atoms with Crippen molar-refractivity contribution < 1.29 is 13.2 Å². The topological polar surface area (TPSA) is 49.9 Å². The molecule has 3 rings (SSSR count). The molecule has 5 nitrogen and oxygen atoms in total. The van der Waals surface area contributed by atoms with Crippen molar-refractivity contribution in [1.82, 2.24) is 9.21 Å². The highest BCUT2D eigenvalue weighted by Crippen LogP contribution is 2.25. The van der Waals surface area contributed by atoms with E-state index in [0.29, 0.717) is 24.1 Å². The second kappa shape index (κ2) is 10.7. The molecule has 170 valence electrons. The highest BCUT2D eigenvalue weighted by molar-refractivity contribution is 7.89. The average molecular weight is 445 g/mol. The number of methoxy groups -OCH3 is 1. The molecule has 0 radical (unpaired) electrons. The van der Waals surface area contributed by atoms with Crippen molar-refractivity contribution in [2.75, 3.05) is 33.4 Å². The Balaban J connectivity index is 1.67. The van der Waals surface area contributed by atoms with Gasteiger partial charge in [-0.15, -0.1) is 0 Å². The summed E-state index contributed by atoms with van der Waals surface area (Å²) in [5.41, 5.74) is 3.46. The second-order valence-corrected chi connectivity index (χ2v) is 10.6. The highest BCUT2D eigenvalue weighted by Gasteiger charge is 2.26. The van der Waals surface area contributed by atoms with Crippen molar-refractivity contribution in [3.05, 3.63) is 54.1 Å². The van der Waals surface area contributed by atoms with Crippen molar-refractivity contribution in [1.29, 1.82) is 0 Å². The molecule has 2 aromatic carbocycles. The highest BCUT2D eigenvalue weighted by atomic mass is 32.2. The number of rotatable bonds is 10. The van der Waals surface area contributed by atoms with Gasteiger partial charge in [0.05, 0.1) is 11.5 Å². The smallest absolute Gasteiger partial charge is 0.243 e. The van der Waals surface area contributed by atoms with Crippen LogP contribution >= 0.6 is 0 Å². The van der Waals surface area contributed by atoms with Gasteiger partial charge in [0.2, 0.25) is 10.0 Å². The molecular weight excluding hydrogens is 408 g/mol. The Kier molecular flexibility index (Phi) is 8.28. The number of benzene rings is 2. The van der Waals surface area contributed by atoms with Gasteiger partial charge in [-0.2, -0.15) is 4.31 Å². The fraction of sp³-hybridized carbons (Fsp3) is 0.520. The molecule has 0 spiro atoms. The van der Waals surface area contributed by atoms with Gasteiger partial charge in [-0.3, -0.25) is 0 Å². The maximum absolute atomic E-state index is 13.0. The van der Waals surface area contributed by atoms with E-state index in [1.807, 2.05) is 26.0 Å². The van der Waals surface area contributed by atoms with Crippen LogP contribution in [0.4, 0.5) is 0 Å². The van der Waals surface area contributed by atoms with Crippen LogP contribution in [0.2, 0.25) is 0 Å².